The smallest absolute Gasteiger partial charge is 0.409 e. The van der Waals surface area contributed by atoms with Crippen molar-refractivity contribution in [1.29, 1.82) is 0 Å². The van der Waals surface area contributed by atoms with E-state index in [-0.39, 0.29) is 0 Å². The van der Waals surface area contributed by atoms with E-state index >= 15 is 0 Å². The third kappa shape index (κ3) is 3.18. The van der Waals surface area contributed by atoms with E-state index in [1.54, 1.807) is 7.05 Å². The summed E-state index contributed by atoms with van der Waals surface area (Å²) >= 11 is 0. The van der Waals surface area contributed by atoms with Crippen LogP contribution < -0.4 is 0 Å². The van der Waals surface area contributed by atoms with Gasteiger partial charge in [-0.2, -0.15) is 0 Å². The Morgan fingerprint density at radius 1 is 1.38 bits per heavy atom. The molecule has 0 bridgehead atoms. The van der Waals surface area contributed by atoms with Crippen LogP contribution in [0.3, 0.4) is 0 Å². The predicted octanol–water partition coefficient (Wildman–Crippen LogP) is 2.21. The molecule has 88 valence electrons. The van der Waals surface area contributed by atoms with E-state index in [1.165, 1.54) is 18.1 Å². The highest BCUT2D eigenvalue weighted by atomic mass is 19.2. The fourth-order valence-electron chi connectivity index (χ4n) is 1.24. The van der Waals surface area contributed by atoms with Crippen LogP contribution in [0.15, 0.2) is 18.2 Å². The molecule has 1 aromatic rings. The number of carbonyl (C=O) groups excluding carboxylic acids is 1. The van der Waals surface area contributed by atoms with Crippen LogP contribution in [-0.2, 0) is 11.2 Å². The predicted molar refractivity (Wildman–Crippen MR) is 55.1 cm³/mol. The zero-order valence-corrected chi connectivity index (χ0v) is 9.17. The molecule has 1 amide bonds. The van der Waals surface area contributed by atoms with Crippen LogP contribution in [0.5, 0.6) is 0 Å². The maximum atomic E-state index is 12.8. The molecular weight excluding hydrogens is 216 g/mol. The van der Waals surface area contributed by atoms with Crippen LogP contribution in [0.1, 0.15) is 5.56 Å². The van der Waals surface area contributed by atoms with E-state index < -0.39 is 17.7 Å². The largest absolute Gasteiger partial charge is 0.453 e. The molecule has 0 N–H and O–H groups in total. The van der Waals surface area contributed by atoms with Crippen molar-refractivity contribution in [2.75, 3.05) is 20.7 Å². The Bertz CT molecular complexity index is 382. The van der Waals surface area contributed by atoms with Crippen molar-refractivity contribution in [1.82, 2.24) is 4.90 Å². The molecule has 0 atom stereocenters. The number of hydrogen-bond acceptors (Lipinski definition) is 2. The Balaban J connectivity index is 2.55. The molecule has 0 aliphatic rings. The summed E-state index contributed by atoms with van der Waals surface area (Å²) in [5, 5.41) is 0. The van der Waals surface area contributed by atoms with Crippen molar-refractivity contribution in [3.05, 3.63) is 35.4 Å². The van der Waals surface area contributed by atoms with Crippen molar-refractivity contribution in [2.24, 2.45) is 0 Å². The van der Waals surface area contributed by atoms with Crippen LogP contribution in [0, 0.1) is 11.6 Å². The minimum absolute atomic E-state index is 0.387. The molecule has 0 unspecified atom stereocenters. The summed E-state index contributed by atoms with van der Waals surface area (Å²) < 4.78 is 30.0. The minimum Gasteiger partial charge on any atom is -0.453 e. The van der Waals surface area contributed by atoms with Crippen molar-refractivity contribution in [2.45, 2.75) is 6.42 Å². The fourth-order valence-corrected chi connectivity index (χ4v) is 1.24. The molecule has 0 radical (unpaired) electrons. The van der Waals surface area contributed by atoms with Gasteiger partial charge in [-0.1, -0.05) is 6.07 Å². The van der Waals surface area contributed by atoms with Gasteiger partial charge in [0.1, 0.15) is 0 Å². The highest BCUT2D eigenvalue weighted by molar-refractivity contribution is 5.66. The number of benzene rings is 1. The lowest BCUT2D eigenvalue weighted by atomic mass is 10.1. The molecule has 0 fully saturated rings. The normalized spacial score (nSPS) is 10.0. The van der Waals surface area contributed by atoms with Gasteiger partial charge in [0.2, 0.25) is 0 Å². The highest BCUT2D eigenvalue weighted by Gasteiger charge is 2.08. The quantitative estimate of drug-likeness (QED) is 0.795. The number of nitrogens with zero attached hydrogens (tertiary/aromatic N) is 1. The van der Waals surface area contributed by atoms with E-state index in [0.29, 0.717) is 18.5 Å². The first-order chi connectivity index (χ1) is 7.54. The number of amides is 1. The number of likely N-dealkylation sites (N-methyl/N-ethyl adjacent to an activating group) is 1. The van der Waals surface area contributed by atoms with E-state index in [0.717, 1.165) is 12.1 Å². The van der Waals surface area contributed by atoms with Crippen LogP contribution in [0.2, 0.25) is 0 Å². The molecule has 0 heterocycles. The lowest BCUT2D eigenvalue weighted by Crippen LogP contribution is -2.28. The van der Waals surface area contributed by atoms with Crippen LogP contribution in [-0.4, -0.2) is 31.7 Å². The van der Waals surface area contributed by atoms with Gasteiger partial charge in [-0.25, -0.2) is 13.6 Å². The van der Waals surface area contributed by atoms with Crippen LogP contribution in [0.4, 0.5) is 13.6 Å². The van der Waals surface area contributed by atoms with Gasteiger partial charge < -0.3 is 9.64 Å². The van der Waals surface area contributed by atoms with Gasteiger partial charge in [-0.05, 0) is 24.1 Å². The topological polar surface area (TPSA) is 29.5 Å². The molecule has 0 spiro atoms. The van der Waals surface area contributed by atoms with Gasteiger partial charge in [-0.3, -0.25) is 0 Å². The number of ether oxygens (including phenoxy) is 1. The maximum absolute atomic E-state index is 12.8. The summed E-state index contributed by atoms with van der Waals surface area (Å²) in [6.07, 6.45) is -0.00872. The number of rotatable bonds is 3. The Morgan fingerprint density at radius 3 is 2.62 bits per heavy atom. The zero-order valence-electron chi connectivity index (χ0n) is 9.17. The molecule has 0 saturated carbocycles. The first-order valence-electron chi connectivity index (χ1n) is 4.77. The summed E-state index contributed by atoms with van der Waals surface area (Å²) in [5.41, 5.74) is 0.634. The van der Waals surface area contributed by atoms with Crippen LogP contribution >= 0.6 is 0 Å². The third-order valence-corrected chi connectivity index (χ3v) is 2.21. The Hall–Kier alpha value is -1.65. The molecule has 1 rings (SSSR count). The fraction of sp³-hybridized carbons (Fsp3) is 0.364. The molecular formula is C11H13F2NO2. The lowest BCUT2D eigenvalue weighted by molar-refractivity contribution is 0.134. The summed E-state index contributed by atoms with van der Waals surface area (Å²) in [6, 6.07) is 3.69. The third-order valence-electron chi connectivity index (χ3n) is 2.21. The van der Waals surface area contributed by atoms with Crippen molar-refractivity contribution < 1.29 is 18.3 Å². The Morgan fingerprint density at radius 2 is 2.06 bits per heavy atom. The first-order valence-corrected chi connectivity index (χ1v) is 4.77. The summed E-state index contributed by atoms with van der Waals surface area (Å²) in [5.74, 6) is -1.75. The zero-order chi connectivity index (χ0) is 12.1. The summed E-state index contributed by atoms with van der Waals surface area (Å²) in [7, 11) is 2.86. The van der Waals surface area contributed by atoms with Gasteiger partial charge >= 0.3 is 6.09 Å². The number of hydrogen-bond donors (Lipinski definition) is 0. The molecule has 0 aliphatic carbocycles. The van der Waals surface area contributed by atoms with E-state index in [1.807, 2.05) is 0 Å². The van der Waals surface area contributed by atoms with E-state index in [4.69, 9.17) is 0 Å². The Kier molecular flexibility index (Phi) is 4.22. The molecule has 5 heteroatoms. The second kappa shape index (κ2) is 5.44. The molecule has 3 nitrogen and oxygen atoms in total. The molecule has 16 heavy (non-hydrogen) atoms. The van der Waals surface area contributed by atoms with Crippen molar-refractivity contribution in [3.8, 4) is 0 Å². The standard InChI is InChI=1S/C11H13F2NO2/c1-14(11(15)16-2)6-5-8-3-4-9(12)10(13)7-8/h3-4,7H,5-6H2,1-2H3. The number of halogens is 2. The van der Waals surface area contributed by atoms with Gasteiger partial charge in [-0.15, -0.1) is 0 Å². The molecule has 0 aromatic heterocycles. The van der Waals surface area contributed by atoms with Crippen molar-refractivity contribution >= 4 is 6.09 Å². The average Bonchev–Trinajstić information content (AvgIpc) is 2.29. The highest BCUT2D eigenvalue weighted by Crippen LogP contribution is 2.09. The summed E-state index contributed by atoms with van der Waals surface area (Å²) in [4.78, 5) is 12.4. The van der Waals surface area contributed by atoms with Gasteiger partial charge in [0.05, 0.1) is 7.11 Å². The van der Waals surface area contributed by atoms with Crippen LogP contribution in [0.25, 0.3) is 0 Å². The molecule has 1 aromatic carbocycles. The lowest BCUT2D eigenvalue weighted by Gasteiger charge is -2.15. The van der Waals surface area contributed by atoms with Gasteiger partial charge in [0.15, 0.2) is 11.6 Å². The Labute approximate surface area is 92.6 Å². The number of methoxy groups -OCH3 is 1. The van der Waals surface area contributed by atoms with E-state index in [9.17, 15) is 13.6 Å². The van der Waals surface area contributed by atoms with E-state index in [2.05, 4.69) is 4.74 Å². The second-order valence-electron chi connectivity index (χ2n) is 3.39. The summed E-state index contributed by atoms with van der Waals surface area (Å²) in [6.45, 7) is 0.387. The monoisotopic (exact) mass is 229 g/mol. The van der Waals surface area contributed by atoms with Gasteiger partial charge in [0, 0.05) is 13.6 Å². The minimum atomic E-state index is -0.877. The maximum Gasteiger partial charge on any atom is 0.409 e. The van der Waals surface area contributed by atoms with Gasteiger partial charge in [0.25, 0.3) is 0 Å². The average molecular weight is 229 g/mol. The molecule has 0 aliphatic heterocycles. The molecule has 0 saturated heterocycles. The second-order valence-corrected chi connectivity index (χ2v) is 3.39. The SMILES string of the molecule is COC(=O)N(C)CCc1ccc(F)c(F)c1. The van der Waals surface area contributed by atoms with Crippen molar-refractivity contribution in [3.63, 3.8) is 0 Å². The number of carbonyl (C=O) groups is 1. The first kappa shape index (κ1) is 12.4.